The zero-order valence-corrected chi connectivity index (χ0v) is 17.1. The van der Waals surface area contributed by atoms with E-state index in [9.17, 15) is 8.42 Å². The number of rotatable bonds is 6. The molecule has 1 atom stereocenters. The largest absolute Gasteiger partial charge is 0.370 e. The van der Waals surface area contributed by atoms with E-state index in [-0.39, 0.29) is 6.04 Å². The summed E-state index contributed by atoms with van der Waals surface area (Å²) in [6.45, 7) is 9.72. The van der Waals surface area contributed by atoms with Crippen LogP contribution in [0.5, 0.6) is 0 Å². The molecular formula is C21H29N2O3S+. The van der Waals surface area contributed by atoms with Crippen LogP contribution in [0.2, 0.25) is 0 Å². The van der Waals surface area contributed by atoms with Gasteiger partial charge in [-0.2, -0.15) is 4.72 Å². The standard InChI is InChI=1S/C21H28N2O3S/c1-16-5-8-19(9-6-16)20(15-23-10-12-26-13-11-23)22-27(24,25)21-14-17(2)4-7-18(21)3/h4-9,14,20,22H,10-13,15H2,1-3H3/p+1/t20-/m1/s1. The fourth-order valence-corrected chi connectivity index (χ4v) is 4.98. The molecule has 6 heteroatoms. The van der Waals surface area contributed by atoms with Crippen LogP contribution in [0.15, 0.2) is 47.4 Å². The molecule has 1 aliphatic heterocycles. The van der Waals surface area contributed by atoms with Gasteiger partial charge in [0.05, 0.1) is 30.7 Å². The van der Waals surface area contributed by atoms with E-state index in [1.807, 2.05) is 57.2 Å². The third-order valence-corrected chi connectivity index (χ3v) is 6.72. The predicted octanol–water partition coefficient (Wildman–Crippen LogP) is 1.55. The molecule has 0 aliphatic carbocycles. The molecule has 27 heavy (non-hydrogen) atoms. The molecule has 0 bridgehead atoms. The molecule has 2 N–H and O–H groups in total. The first kappa shape index (κ1) is 20.0. The lowest BCUT2D eigenvalue weighted by Crippen LogP contribution is -3.14. The van der Waals surface area contributed by atoms with Gasteiger partial charge in [-0.1, -0.05) is 42.0 Å². The molecule has 1 aliphatic rings. The highest BCUT2D eigenvalue weighted by Crippen LogP contribution is 2.21. The van der Waals surface area contributed by atoms with Crippen molar-refractivity contribution in [3.8, 4) is 0 Å². The lowest BCUT2D eigenvalue weighted by molar-refractivity contribution is -0.909. The molecule has 0 amide bonds. The summed E-state index contributed by atoms with van der Waals surface area (Å²) < 4.78 is 34.7. The number of aryl methyl sites for hydroxylation is 3. The number of nitrogens with one attached hydrogen (secondary N) is 2. The zero-order chi connectivity index (χ0) is 19.4. The summed E-state index contributed by atoms with van der Waals surface area (Å²) in [7, 11) is -3.62. The van der Waals surface area contributed by atoms with Gasteiger partial charge in [-0.25, -0.2) is 8.42 Å². The molecule has 146 valence electrons. The second-order valence-corrected chi connectivity index (χ2v) is 9.10. The lowest BCUT2D eigenvalue weighted by Gasteiger charge is -2.28. The van der Waals surface area contributed by atoms with Crippen molar-refractivity contribution < 1.29 is 18.1 Å². The van der Waals surface area contributed by atoms with Gasteiger partial charge in [-0.15, -0.1) is 0 Å². The molecule has 1 fully saturated rings. The number of benzene rings is 2. The second kappa shape index (κ2) is 8.52. The summed E-state index contributed by atoms with van der Waals surface area (Å²) in [4.78, 5) is 1.71. The number of ether oxygens (including phenoxy) is 1. The van der Waals surface area contributed by atoms with Crippen molar-refractivity contribution in [2.24, 2.45) is 0 Å². The fraction of sp³-hybridized carbons (Fsp3) is 0.429. The molecule has 1 heterocycles. The van der Waals surface area contributed by atoms with Gasteiger partial charge in [0.2, 0.25) is 10.0 Å². The van der Waals surface area contributed by atoms with Crippen LogP contribution in [-0.2, 0) is 14.8 Å². The average Bonchev–Trinajstić information content (AvgIpc) is 2.64. The SMILES string of the molecule is Cc1ccc([C@@H](C[NH+]2CCOCC2)NS(=O)(=O)c2cc(C)ccc2C)cc1. The number of hydrogen-bond donors (Lipinski definition) is 2. The summed E-state index contributed by atoms with van der Waals surface area (Å²) in [5, 5.41) is 0. The van der Waals surface area contributed by atoms with Gasteiger partial charge in [0.1, 0.15) is 13.1 Å². The van der Waals surface area contributed by atoms with E-state index in [1.54, 1.807) is 6.07 Å². The van der Waals surface area contributed by atoms with E-state index in [1.165, 1.54) is 4.90 Å². The Kier molecular flexibility index (Phi) is 6.32. The summed E-state index contributed by atoms with van der Waals surface area (Å²) in [6, 6.07) is 13.4. The minimum Gasteiger partial charge on any atom is -0.370 e. The summed E-state index contributed by atoms with van der Waals surface area (Å²) in [5.74, 6) is 0. The minimum absolute atomic E-state index is 0.274. The van der Waals surface area contributed by atoms with Crippen LogP contribution in [-0.4, -0.2) is 41.3 Å². The smallest absolute Gasteiger partial charge is 0.241 e. The molecule has 0 saturated carbocycles. The van der Waals surface area contributed by atoms with E-state index in [0.29, 0.717) is 11.4 Å². The highest BCUT2D eigenvalue weighted by Gasteiger charge is 2.27. The molecule has 3 rings (SSSR count). The quantitative estimate of drug-likeness (QED) is 0.788. The maximum atomic E-state index is 13.2. The topological polar surface area (TPSA) is 59.8 Å². The summed E-state index contributed by atoms with van der Waals surface area (Å²) >= 11 is 0. The van der Waals surface area contributed by atoms with Gasteiger partial charge < -0.3 is 9.64 Å². The van der Waals surface area contributed by atoms with Crippen molar-refractivity contribution in [2.75, 3.05) is 32.8 Å². The monoisotopic (exact) mass is 389 g/mol. The van der Waals surface area contributed by atoms with Gasteiger partial charge in [0.25, 0.3) is 0 Å². The van der Waals surface area contributed by atoms with Crippen LogP contribution in [0.3, 0.4) is 0 Å². The van der Waals surface area contributed by atoms with Crippen LogP contribution in [0, 0.1) is 20.8 Å². The van der Waals surface area contributed by atoms with Gasteiger partial charge in [0, 0.05) is 0 Å². The van der Waals surface area contributed by atoms with E-state index >= 15 is 0 Å². The predicted molar refractivity (Wildman–Crippen MR) is 107 cm³/mol. The number of quaternary nitrogens is 1. The first-order valence-electron chi connectivity index (χ1n) is 9.42. The van der Waals surface area contributed by atoms with E-state index in [0.717, 1.165) is 48.6 Å². The Morgan fingerprint density at radius 2 is 1.63 bits per heavy atom. The molecule has 0 aromatic heterocycles. The van der Waals surface area contributed by atoms with Crippen molar-refractivity contribution in [2.45, 2.75) is 31.7 Å². The Labute approximate surface area is 162 Å². The van der Waals surface area contributed by atoms with Gasteiger partial charge >= 0.3 is 0 Å². The van der Waals surface area contributed by atoms with Crippen molar-refractivity contribution in [3.63, 3.8) is 0 Å². The zero-order valence-electron chi connectivity index (χ0n) is 16.3. The van der Waals surface area contributed by atoms with Crippen molar-refractivity contribution in [3.05, 3.63) is 64.7 Å². The molecular weight excluding hydrogens is 360 g/mol. The number of hydrogen-bond acceptors (Lipinski definition) is 3. The van der Waals surface area contributed by atoms with Crippen LogP contribution >= 0.6 is 0 Å². The Bertz CT molecular complexity index is 873. The van der Waals surface area contributed by atoms with Crippen molar-refractivity contribution >= 4 is 10.0 Å². The minimum atomic E-state index is -3.62. The van der Waals surface area contributed by atoms with Crippen molar-refractivity contribution in [1.82, 2.24) is 4.72 Å². The maximum absolute atomic E-state index is 13.2. The van der Waals surface area contributed by atoms with E-state index in [2.05, 4.69) is 4.72 Å². The van der Waals surface area contributed by atoms with Crippen LogP contribution in [0.1, 0.15) is 28.3 Å². The van der Waals surface area contributed by atoms with Crippen molar-refractivity contribution in [1.29, 1.82) is 0 Å². The molecule has 5 nitrogen and oxygen atoms in total. The first-order valence-corrected chi connectivity index (χ1v) is 10.9. The Morgan fingerprint density at radius 1 is 1.00 bits per heavy atom. The molecule has 0 spiro atoms. The molecule has 2 aromatic carbocycles. The maximum Gasteiger partial charge on any atom is 0.241 e. The van der Waals surface area contributed by atoms with E-state index in [4.69, 9.17) is 4.74 Å². The van der Waals surface area contributed by atoms with Crippen LogP contribution in [0.25, 0.3) is 0 Å². The van der Waals surface area contributed by atoms with E-state index < -0.39 is 10.0 Å². The average molecular weight is 390 g/mol. The number of morpholine rings is 1. The Balaban J connectivity index is 1.89. The van der Waals surface area contributed by atoms with Gasteiger partial charge in [0.15, 0.2) is 0 Å². The van der Waals surface area contributed by atoms with Gasteiger partial charge in [-0.3, -0.25) is 0 Å². The second-order valence-electron chi connectivity index (χ2n) is 7.42. The lowest BCUT2D eigenvalue weighted by atomic mass is 10.1. The Morgan fingerprint density at radius 3 is 2.30 bits per heavy atom. The Hall–Kier alpha value is -1.73. The third kappa shape index (κ3) is 5.17. The molecule has 1 saturated heterocycles. The van der Waals surface area contributed by atoms with Gasteiger partial charge in [-0.05, 0) is 43.5 Å². The summed E-state index contributed by atoms with van der Waals surface area (Å²) in [6.07, 6.45) is 0. The molecule has 2 aromatic rings. The number of sulfonamides is 1. The van der Waals surface area contributed by atoms with Crippen LogP contribution in [0.4, 0.5) is 0 Å². The summed E-state index contributed by atoms with van der Waals surface area (Å²) in [5.41, 5.74) is 3.85. The van der Waals surface area contributed by atoms with Crippen LogP contribution < -0.4 is 9.62 Å². The highest BCUT2D eigenvalue weighted by atomic mass is 32.2. The normalized spacial score (nSPS) is 17.0. The highest BCUT2D eigenvalue weighted by molar-refractivity contribution is 7.89. The first-order chi connectivity index (χ1) is 12.8. The molecule has 0 radical (unpaired) electrons. The fourth-order valence-electron chi connectivity index (χ4n) is 3.43. The molecule has 0 unspecified atom stereocenters. The third-order valence-electron chi connectivity index (χ3n) is 5.10.